The van der Waals surface area contributed by atoms with E-state index in [1.54, 1.807) is 0 Å². The SMILES string of the molecule is NNCC#Cc1c([N+](=O)[O-])cccc1S(=O)(=O)Cl. The lowest BCUT2D eigenvalue weighted by Crippen LogP contribution is -2.21. The Morgan fingerprint density at radius 2 is 2.17 bits per heavy atom. The minimum atomic E-state index is -4.11. The van der Waals surface area contributed by atoms with E-state index in [2.05, 4.69) is 17.3 Å². The van der Waals surface area contributed by atoms with Gasteiger partial charge in [-0.3, -0.25) is 16.0 Å². The van der Waals surface area contributed by atoms with Crippen molar-refractivity contribution in [3.63, 3.8) is 0 Å². The van der Waals surface area contributed by atoms with Crippen molar-refractivity contribution < 1.29 is 13.3 Å². The predicted molar refractivity (Wildman–Crippen MR) is 65.2 cm³/mol. The zero-order valence-corrected chi connectivity index (χ0v) is 10.5. The summed E-state index contributed by atoms with van der Waals surface area (Å²) >= 11 is 0. The molecule has 96 valence electrons. The molecule has 0 aliphatic carbocycles. The normalized spacial score (nSPS) is 10.6. The van der Waals surface area contributed by atoms with Crippen LogP contribution < -0.4 is 11.3 Å². The van der Waals surface area contributed by atoms with Crippen molar-refractivity contribution in [3.8, 4) is 11.8 Å². The van der Waals surface area contributed by atoms with E-state index in [1.165, 1.54) is 6.07 Å². The van der Waals surface area contributed by atoms with Gasteiger partial charge < -0.3 is 0 Å². The molecule has 0 saturated carbocycles. The predicted octanol–water partition coefficient (Wildman–Crippen LogP) is 0.337. The van der Waals surface area contributed by atoms with Gasteiger partial charge in [-0.15, -0.1) is 0 Å². The summed E-state index contributed by atoms with van der Waals surface area (Å²) in [5.41, 5.74) is 1.53. The smallest absolute Gasteiger partial charge is 0.271 e. The first kappa shape index (κ1) is 14.4. The quantitative estimate of drug-likeness (QED) is 0.272. The van der Waals surface area contributed by atoms with E-state index in [-0.39, 0.29) is 12.1 Å². The summed E-state index contributed by atoms with van der Waals surface area (Å²) in [5.74, 6) is 9.80. The third-order valence-electron chi connectivity index (χ3n) is 1.87. The summed E-state index contributed by atoms with van der Waals surface area (Å²) in [6.45, 7) is 0.0494. The van der Waals surface area contributed by atoms with Gasteiger partial charge in [0.2, 0.25) is 0 Å². The average Bonchev–Trinajstić information content (AvgIpc) is 2.27. The maximum atomic E-state index is 11.3. The standard InChI is InChI=1S/C9H8ClN3O4S/c10-18(16,17)9-5-1-4-8(13(14)15)7(9)3-2-6-12-11/h1,4-5,12H,6,11H2. The van der Waals surface area contributed by atoms with Crippen LogP contribution in [0, 0.1) is 22.0 Å². The van der Waals surface area contributed by atoms with Gasteiger partial charge >= 0.3 is 0 Å². The molecule has 7 nitrogen and oxygen atoms in total. The van der Waals surface area contributed by atoms with Gasteiger partial charge in [0.05, 0.1) is 11.5 Å². The molecule has 1 aromatic rings. The highest BCUT2D eigenvalue weighted by Gasteiger charge is 2.22. The maximum Gasteiger partial charge on any atom is 0.286 e. The molecule has 0 heterocycles. The minimum Gasteiger partial charge on any atom is -0.271 e. The van der Waals surface area contributed by atoms with Gasteiger partial charge in [0.1, 0.15) is 10.5 Å². The molecule has 9 heteroatoms. The van der Waals surface area contributed by atoms with Crippen molar-refractivity contribution >= 4 is 25.4 Å². The number of nitrogens with zero attached hydrogens (tertiary/aromatic N) is 1. The molecule has 18 heavy (non-hydrogen) atoms. The van der Waals surface area contributed by atoms with Gasteiger partial charge in [-0.1, -0.05) is 17.9 Å². The molecular weight excluding hydrogens is 282 g/mol. The number of nitro benzene ring substituents is 1. The fraction of sp³-hybridized carbons (Fsp3) is 0.111. The van der Waals surface area contributed by atoms with Crippen molar-refractivity contribution in [2.75, 3.05) is 6.54 Å². The Balaban J connectivity index is 3.51. The second-order valence-electron chi connectivity index (χ2n) is 3.03. The molecular formula is C9H8ClN3O4S. The van der Waals surface area contributed by atoms with Crippen LogP contribution >= 0.6 is 10.7 Å². The van der Waals surface area contributed by atoms with Crippen LogP contribution in [0.25, 0.3) is 0 Å². The molecule has 0 spiro atoms. The first-order chi connectivity index (χ1) is 8.38. The van der Waals surface area contributed by atoms with Gasteiger partial charge in [0, 0.05) is 16.7 Å². The Labute approximate surface area is 107 Å². The highest BCUT2D eigenvalue weighted by atomic mass is 35.7. The molecule has 0 aliphatic heterocycles. The Hall–Kier alpha value is -1.66. The molecule has 0 amide bonds. The largest absolute Gasteiger partial charge is 0.286 e. The van der Waals surface area contributed by atoms with Crippen LogP contribution in [-0.2, 0) is 9.05 Å². The van der Waals surface area contributed by atoms with Gasteiger partial charge in [-0.2, -0.15) is 0 Å². The van der Waals surface area contributed by atoms with Crippen molar-refractivity contribution in [2.24, 2.45) is 5.84 Å². The van der Waals surface area contributed by atoms with E-state index in [9.17, 15) is 18.5 Å². The number of hydrazine groups is 1. The molecule has 0 aliphatic rings. The fourth-order valence-corrected chi connectivity index (χ4v) is 2.21. The van der Waals surface area contributed by atoms with Gasteiger partial charge in [-0.25, -0.2) is 13.8 Å². The molecule has 3 N–H and O–H groups in total. The molecule has 0 atom stereocenters. The number of nitrogens with one attached hydrogen (secondary N) is 1. The van der Waals surface area contributed by atoms with Crippen LogP contribution in [0.5, 0.6) is 0 Å². The summed E-state index contributed by atoms with van der Waals surface area (Å²) in [6, 6.07) is 3.51. The Kier molecular flexibility index (Phi) is 4.63. The van der Waals surface area contributed by atoms with E-state index < -0.39 is 24.6 Å². The van der Waals surface area contributed by atoms with Crippen LogP contribution in [0.1, 0.15) is 5.56 Å². The summed E-state index contributed by atoms with van der Waals surface area (Å²) in [7, 11) is 1.08. The van der Waals surface area contributed by atoms with Gasteiger partial charge in [0.25, 0.3) is 14.7 Å². The molecule has 0 radical (unpaired) electrons. The Morgan fingerprint density at radius 3 is 2.67 bits per heavy atom. The van der Waals surface area contributed by atoms with E-state index in [0.717, 1.165) is 12.1 Å². The molecule has 0 unspecified atom stereocenters. The number of hydrogen-bond acceptors (Lipinski definition) is 6. The molecule has 0 saturated heterocycles. The van der Waals surface area contributed by atoms with E-state index >= 15 is 0 Å². The fourth-order valence-electron chi connectivity index (χ4n) is 1.18. The number of nitrogens with two attached hydrogens (primary N) is 1. The molecule has 0 bridgehead atoms. The topological polar surface area (TPSA) is 115 Å². The molecule has 0 aromatic heterocycles. The van der Waals surface area contributed by atoms with Crippen molar-refractivity contribution in [1.29, 1.82) is 0 Å². The van der Waals surface area contributed by atoms with Crippen LogP contribution in [0.2, 0.25) is 0 Å². The lowest BCUT2D eigenvalue weighted by molar-refractivity contribution is -0.385. The molecule has 1 aromatic carbocycles. The summed E-state index contributed by atoms with van der Waals surface area (Å²) in [4.78, 5) is 9.66. The molecule has 0 fully saturated rings. The lowest BCUT2D eigenvalue weighted by Gasteiger charge is -2.01. The summed E-state index contributed by atoms with van der Waals surface area (Å²) < 4.78 is 22.6. The third kappa shape index (κ3) is 3.41. The number of rotatable bonds is 3. The Bertz CT molecular complexity index is 633. The molecule has 1 rings (SSSR count). The van der Waals surface area contributed by atoms with Crippen molar-refractivity contribution in [3.05, 3.63) is 33.9 Å². The lowest BCUT2D eigenvalue weighted by atomic mass is 10.2. The van der Waals surface area contributed by atoms with Gasteiger partial charge in [-0.05, 0) is 6.07 Å². The monoisotopic (exact) mass is 289 g/mol. The van der Waals surface area contributed by atoms with Crippen LogP contribution in [0.4, 0.5) is 5.69 Å². The third-order valence-corrected chi connectivity index (χ3v) is 3.23. The highest BCUT2D eigenvalue weighted by Crippen LogP contribution is 2.27. The first-order valence-corrected chi connectivity index (χ1v) is 6.83. The zero-order chi connectivity index (χ0) is 13.8. The first-order valence-electron chi connectivity index (χ1n) is 4.52. The van der Waals surface area contributed by atoms with E-state index in [4.69, 9.17) is 16.5 Å². The second kappa shape index (κ2) is 5.79. The van der Waals surface area contributed by atoms with E-state index in [0.29, 0.717) is 0 Å². The maximum absolute atomic E-state index is 11.3. The van der Waals surface area contributed by atoms with Crippen LogP contribution in [0.3, 0.4) is 0 Å². The average molecular weight is 290 g/mol. The number of nitro groups is 1. The number of hydrogen-bond donors (Lipinski definition) is 2. The minimum absolute atomic E-state index is 0.0494. The number of benzene rings is 1. The van der Waals surface area contributed by atoms with Gasteiger partial charge in [0.15, 0.2) is 0 Å². The van der Waals surface area contributed by atoms with Crippen LogP contribution in [-0.4, -0.2) is 19.9 Å². The highest BCUT2D eigenvalue weighted by molar-refractivity contribution is 8.13. The van der Waals surface area contributed by atoms with E-state index in [1.807, 2.05) is 0 Å². The van der Waals surface area contributed by atoms with Crippen LogP contribution in [0.15, 0.2) is 23.1 Å². The van der Waals surface area contributed by atoms with Crippen molar-refractivity contribution in [2.45, 2.75) is 4.90 Å². The second-order valence-corrected chi connectivity index (χ2v) is 5.56. The number of halogens is 1. The van der Waals surface area contributed by atoms with Crippen molar-refractivity contribution in [1.82, 2.24) is 5.43 Å². The summed E-state index contributed by atoms with van der Waals surface area (Å²) in [6.07, 6.45) is 0. The summed E-state index contributed by atoms with van der Waals surface area (Å²) in [5, 5.41) is 10.8. The Morgan fingerprint density at radius 1 is 1.50 bits per heavy atom. The zero-order valence-electron chi connectivity index (χ0n) is 8.88.